The van der Waals surface area contributed by atoms with E-state index in [0.717, 1.165) is 11.9 Å². The largest absolute Gasteiger partial charge is 0.374 e. The minimum Gasteiger partial charge on any atom is -0.374 e. The van der Waals surface area contributed by atoms with E-state index in [1.54, 1.807) is 19.3 Å². The van der Waals surface area contributed by atoms with E-state index in [0.29, 0.717) is 32.7 Å². The lowest BCUT2D eigenvalue weighted by molar-refractivity contribution is 0.0353. The Kier molecular flexibility index (Phi) is 5.42. The molecule has 138 valence electrons. The third-order valence-electron chi connectivity index (χ3n) is 4.11. The Morgan fingerprint density at radius 1 is 1.42 bits per heavy atom. The first-order valence-electron chi connectivity index (χ1n) is 8.26. The Morgan fingerprint density at radius 3 is 3.00 bits per heavy atom. The van der Waals surface area contributed by atoms with E-state index >= 15 is 0 Å². The zero-order valence-corrected chi connectivity index (χ0v) is 14.3. The molecule has 1 atom stereocenters. The second kappa shape index (κ2) is 7.91. The summed E-state index contributed by atoms with van der Waals surface area (Å²) in [5, 5.41) is 6.79. The molecule has 0 bridgehead atoms. The summed E-state index contributed by atoms with van der Waals surface area (Å²) < 4.78 is 7.01. The predicted molar refractivity (Wildman–Crippen MR) is 93.2 cm³/mol. The third-order valence-corrected chi connectivity index (χ3v) is 4.11. The molecule has 3 heterocycles. The first kappa shape index (κ1) is 17.8. The number of aryl methyl sites for hydroxylation is 1. The maximum Gasteiger partial charge on any atom is 0.271 e. The Hall–Kier alpha value is -3.01. The number of nitrogens with one attached hydrogen (secondary N) is 2. The summed E-state index contributed by atoms with van der Waals surface area (Å²) in [6, 6.07) is 1.55. The molecule has 3 rings (SSSR count). The summed E-state index contributed by atoms with van der Waals surface area (Å²) >= 11 is 0. The first-order chi connectivity index (χ1) is 12.5. The number of amides is 1. The van der Waals surface area contributed by atoms with Crippen molar-refractivity contribution in [2.24, 2.45) is 7.05 Å². The number of hydrogen-bond acceptors (Lipinski definition) is 7. The second-order valence-corrected chi connectivity index (χ2v) is 5.96. The molecule has 0 spiro atoms. The van der Waals surface area contributed by atoms with Crippen LogP contribution in [0.5, 0.6) is 0 Å². The maximum absolute atomic E-state index is 12.0. The summed E-state index contributed by atoms with van der Waals surface area (Å²) in [6.45, 7) is 2.24. The molecule has 0 radical (unpaired) electrons. The average molecular weight is 360 g/mol. The molecule has 10 heteroatoms. The fraction of sp³-hybridized carbons (Fsp3) is 0.438. The molecule has 26 heavy (non-hydrogen) atoms. The van der Waals surface area contributed by atoms with Gasteiger partial charge in [0.1, 0.15) is 5.69 Å². The van der Waals surface area contributed by atoms with Crippen molar-refractivity contribution in [3.05, 3.63) is 51.1 Å². The molecule has 0 aromatic carbocycles. The second-order valence-electron chi connectivity index (χ2n) is 5.96. The highest BCUT2D eigenvalue weighted by Crippen LogP contribution is 2.16. The van der Waals surface area contributed by atoms with Gasteiger partial charge in [-0.2, -0.15) is 5.10 Å². The van der Waals surface area contributed by atoms with Gasteiger partial charge < -0.3 is 19.9 Å². The molecular weight excluding hydrogens is 340 g/mol. The van der Waals surface area contributed by atoms with Gasteiger partial charge in [-0.15, -0.1) is 0 Å². The highest BCUT2D eigenvalue weighted by molar-refractivity contribution is 5.91. The molecule has 1 saturated heterocycles. The lowest BCUT2D eigenvalue weighted by Gasteiger charge is -2.34. The van der Waals surface area contributed by atoms with Crippen LogP contribution in [0.3, 0.4) is 0 Å². The highest BCUT2D eigenvalue weighted by atomic mass is 16.5. The van der Waals surface area contributed by atoms with Crippen LogP contribution >= 0.6 is 0 Å². The van der Waals surface area contributed by atoms with Crippen LogP contribution in [-0.4, -0.2) is 58.0 Å². The summed E-state index contributed by atoms with van der Waals surface area (Å²) in [6.07, 6.45) is 4.54. The molecule has 2 N–H and O–H groups in total. The summed E-state index contributed by atoms with van der Waals surface area (Å²) in [5.41, 5.74) is 0.401. The van der Waals surface area contributed by atoms with Crippen molar-refractivity contribution in [1.29, 1.82) is 0 Å². The number of carbonyl (C=O) groups is 1. The van der Waals surface area contributed by atoms with E-state index in [4.69, 9.17) is 4.74 Å². The number of nitrogens with zero attached hydrogens (tertiary/aromatic N) is 4. The van der Waals surface area contributed by atoms with E-state index in [-0.39, 0.29) is 28.8 Å². The predicted octanol–water partition coefficient (Wildman–Crippen LogP) is -1.11. The van der Waals surface area contributed by atoms with Crippen molar-refractivity contribution in [2.75, 3.05) is 31.1 Å². The van der Waals surface area contributed by atoms with Gasteiger partial charge in [0.15, 0.2) is 0 Å². The van der Waals surface area contributed by atoms with Gasteiger partial charge in [0.2, 0.25) is 0 Å². The summed E-state index contributed by atoms with van der Waals surface area (Å²) in [4.78, 5) is 42.9. The minimum atomic E-state index is -0.359. The van der Waals surface area contributed by atoms with Gasteiger partial charge in [0.05, 0.1) is 30.8 Å². The molecule has 2 aromatic heterocycles. The van der Waals surface area contributed by atoms with Gasteiger partial charge in [-0.1, -0.05) is 0 Å². The fourth-order valence-corrected chi connectivity index (χ4v) is 2.66. The number of anilines is 1. The van der Waals surface area contributed by atoms with Crippen LogP contribution in [0, 0.1) is 0 Å². The van der Waals surface area contributed by atoms with Crippen LogP contribution in [-0.2, 0) is 11.8 Å². The van der Waals surface area contributed by atoms with E-state index in [2.05, 4.69) is 20.4 Å². The maximum atomic E-state index is 12.0. The van der Waals surface area contributed by atoms with Crippen molar-refractivity contribution >= 4 is 11.6 Å². The van der Waals surface area contributed by atoms with Crippen LogP contribution < -0.4 is 21.3 Å². The van der Waals surface area contributed by atoms with Gasteiger partial charge in [0.25, 0.3) is 17.0 Å². The smallest absolute Gasteiger partial charge is 0.271 e. The molecule has 1 aliphatic rings. The Balaban J connectivity index is 1.51. The average Bonchev–Trinajstić information content (AvgIpc) is 2.65. The highest BCUT2D eigenvalue weighted by Gasteiger charge is 2.21. The number of aromatic nitrogens is 4. The standard InChI is InChI=1S/C16H20N6O4/c1-21-15(24)6-11(7-20-21)22-4-5-26-12(10-22)2-3-17-16(25)13-8-19-14(23)9-18-13/h6-9,12H,2-5,10H2,1H3,(H,17,25)(H,19,23). The molecule has 1 unspecified atom stereocenters. The molecule has 10 nitrogen and oxygen atoms in total. The molecule has 2 aromatic rings. The van der Waals surface area contributed by atoms with Gasteiger partial charge in [-0.25, -0.2) is 9.67 Å². The van der Waals surface area contributed by atoms with Gasteiger partial charge in [-0.3, -0.25) is 14.4 Å². The van der Waals surface area contributed by atoms with Gasteiger partial charge in [-0.05, 0) is 6.42 Å². The lowest BCUT2D eigenvalue weighted by Crippen LogP contribution is -2.44. The van der Waals surface area contributed by atoms with Crippen molar-refractivity contribution in [2.45, 2.75) is 12.5 Å². The quantitative estimate of drug-likeness (QED) is 0.693. The van der Waals surface area contributed by atoms with Crippen molar-refractivity contribution in [3.8, 4) is 0 Å². The molecule has 0 aliphatic carbocycles. The number of morpholine rings is 1. The monoisotopic (exact) mass is 360 g/mol. The number of carbonyl (C=O) groups excluding carboxylic acids is 1. The normalized spacial score (nSPS) is 17.1. The van der Waals surface area contributed by atoms with Crippen molar-refractivity contribution < 1.29 is 9.53 Å². The van der Waals surface area contributed by atoms with Crippen LogP contribution in [0.4, 0.5) is 5.69 Å². The van der Waals surface area contributed by atoms with Gasteiger partial charge in [0, 0.05) is 38.9 Å². The summed E-state index contributed by atoms with van der Waals surface area (Å²) in [7, 11) is 1.61. The number of rotatable bonds is 5. The van der Waals surface area contributed by atoms with Crippen molar-refractivity contribution in [1.82, 2.24) is 25.1 Å². The number of aromatic amines is 1. The zero-order valence-electron chi connectivity index (χ0n) is 14.3. The van der Waals surface area contributed by atoms with Crippen LogP contribution in [0.1, 0.15) is 16.9 Å². The molecule has 1 amide bonds. The van der Waals surface area contributed by atoms with Crippen LogP contribution in [0.25, 0.3) is 0 Å². The fourth-order valence-electron chi connectivity index (χ4n) is 2.66. The number of H-pyrrole nitrogens is 1. The van der Waals surface area contributed by atoms with E-state index in [9.17, 15) is 14.4 Å². The van der Waals surface area contributed by atoms with Crippen LogP contribution in [0.2, 0.25) is 0 Å². The van der Waals surface area contributed by atoms with Crippen molar-refractivity contribution in [3.63, 3.8) is 0 Å². The van der Waals surface area contributed by atoms with E-state index in [1.807, 2.05) is 4.90 Å². The minimum absolute atomic E-state index is 0.0725. The molecule has 1 aliphatic heterocycles. The number of hydrogen-bond donors (Lipinski definition) is 2. The molecular formula is C16H20N6O4. The Morgan fingerprint density at radius 2 is 2.27 bits per heavy atom. The SMILES string of the molecule is Cn1ncc(N2CCOC(CCNC(=O)c3c[nH]c(=O)cn3)C2)cc1=O. The topological polar surface area (TPSA) is 122 Å². The third kappa shape index (κ3) is 4.33. The molecule has 0 saturated carbocycles. The zero-order chi connectivity index (χ0) is 18.5. The molecule has 1 fully saturated rings. The van der Waals surface area contributed by atoms with Gasteiger partial charge >= 0.3 is 0 Å². The number of ether oxygens (including phenoxy) is 1. The first-order valence-corrected chi connectivity index (χ1v) is 8.26. The summed E-state index contributed by atoms with van der Waals surface area (Å²) in [5.74, 6) is -0.357. The lowest BCUT2D eigenvalue weighted by atomic mass is 10.2. The van der Waals surface area contributed by atoms with E-state index < -0.39 is 0 Å². The van der Waals surface area contributed by atoms with Crippen LogP contribution in [0.15, 0.2) is 34.2 Å². The Labute approximate surface area is 148 Å². The van der Waals surface area contributed by atoms with E-state index in [1.165, 1.54) is 10.9 Å². The Bertz CT molecular complexity index is 872.